The van der Waals surface area contributed by atoms with Gasteiger partial charge in [0, 0.05) is 30.8 Å². The largest absolute Gasteiger partial charge is 0.508 e. The number of benzene rings is 2. The number of aromatic hydroxyl groups is 1. The van der Waals surface area contributed by atoms with Crippen molar-refractivity contribution in [1.82, 2.24) is 5.32 Å². The third-order valence-corrected chi connectivity index (χ3v) is 2.88. The Morgan fingerprint density at radius 2 is 1.95 bits per heavy atom. The van der Waals surface area contributed by atoms with Crippen LogP contribution in [0.2, 0.25) is 0 Å². The lowest BCUT2D eigenvalue weighted by Gasteiger charge is -2.08. The van der Waals surface area contributed by atoms with Crippen LogP contribution in [0, 0.1) is 10.1 Å². The van der Waals surface area contributed by atoms with Gasteiger partial charge in [0.25, 0.3) is 5.69 Å². The summed E-state index contributed by atoms with van der Waals surface area (Å²) in [5.41, 5.74) is 0.453. The Morgan fingerprint density at radius 1 is 1.19 bits per heavy atom. The Balaban J connectivity index is 1.78. The van der Waals surface area contributed by atoms with E-state index in [0.717, 1.165) is 5.75 Å². The van der Waals surface area contributed by atoms with Crippen LogP contribution < -0.4 is 10.1 Å². The zero-order valence-electron chi connectivity index (χ0n) is 11.4. The van der Waals surface area contributed by atoms with E-state index in [-0.39, 0.29) is 11.4 Å². The van der Waals surface area contributed by atoms with Crippen molar-refractivity contribution in [2.24, 2.45) is 0 Å². The van der Waals surface area contributed by atoms with E-state index >= 15 is 0 Å². The Bertz CT molecular complexity index is 602. The number of phenols is 1. The number of phenolic OH excluding ortho intramolecular Hbond substituents is 1. The van der Waals surface area contributed by atoms with Crippen LogP contribution in [0.1, 0.15) is 5.56 Å². The minimum Gasteiger partial charge on any atom is -0.508 e. The molecule has 6 heteroatoms. The van der Waals surface area contributed by atoms with Gasteiger partial charge in [-0.3, -0.25) is 10.1 Å². The number of rotatable bonds is 7. The monoisotopic (exact) mass is 288 g/mol. The highest BCUT2D eigenvalue weighted by Crippen LogP contribution is 2.22. The zero-order chi connectivity index (χ0) is 15.1. The average Bonchev–Trinajstić information content (AvgIpc) is 2.49. The lowest BCUT2D eigenvalue weighted by atomic mass is 10.2. The number of ether oxygens (including phenoxy) is 1. The van der Waals surface area contributed by atoms with Gasteiger partial charge >= 0.3 is 0 Å². The quantitative estimate of drug-likeness (QED) is 0.464. The maximum Gasteiger partial charge on any atom is 0.270 e. The van der Waals surface area contributed by atoms with Gasteiger partial charge in [0.1, 0.15) is 18.1 Å². The molecule has 2 aromatic rings. The first-order chi connectivity index (χ1) is 10.2. The Hall–Kier alpha value is -2.60. The normalized spacial score (nSPS) is 10.3. The molecule has 2 rings (SSSR count). The molecule has 6 nitrogen and oxygen atoms in total. The molecule has 2 N–H and O–H groups in total. The Kier molecular flexibility index (Phi) is 5.11. The molecule has 0 heterocycles. The molecule has 0 radical (unpaired) electrons. The Labute approximate surface area is 122 Å². The number of nitro benzene ring substituents is 1. The molecule has 0 aromatic heterocycles. The highest BCUT2D eigenvalue weighted by atomic mass is 16.6. The summed E-state index contributed by atoms with van der Waals surface area (Å²) in [6.45, 7) is 1.38. The van der Waals surface area contributed by atoms with E-state index in [4.69, 9.17) is 4.74 Å². The minimum absolute atomic E-state index is 0.0369. The van der Waals surface area contributed by atoms with Crippen LogP contribution in [0.15, 0.2) is 48.5 Å². The molecule has 0 aliphatic heterocycles. The number of hydrogen-bond donors (Lipinski definition) is 2. The van der Waals surface area contributed by atoms with Crippen molar-refractivity contribution in [3.63, 3.8) is 0 Å². The maximum absolute atomic E-state index is 10.7. The summed E-state index contributed by atoms with van der Waals surface area (Å²) in [4.78, 5) is 10.2. The molecule has 0 fully saturated rings. The van der Waals surface area contributed by atoms with Gasteiger partial charge in [0.15, 0.2) is 0 Å². The molecule has 0 unspecified atom stereocenters. The van der Waals surface area contributed by atoms with Gasteiger partial charge in [-0.15, -0.1) is 0 Å². The number of hydrogen-bond acceptors (Lipinski definition) is 5. The smallest absolute Gasteiger partial charge is 0.270 e. The van der Waals surface area contributed by atoms with Crippen LogP contribution in [-0.4, -0.2) is 23.2 Å². The van der Waals surface area contributed by atoms with Crippen LogP contribution in [0.5, 0.6) is 11.5 Å². The standard InChI is InChI=1S/C15H16N2O4/c18-15-7-6-13(17(19)20)10-12(15)11-16-8-9-21-14-4-2-1-3-5-14/h1-7,10,16,18H,8-9,11H2. The van der Waals surface area contributed by atoms with E-state index in [1.54, 1.807) is 0 Å². The molecule has 21 heavy (non-hydrogen) atoms. The van der Waals surface area contributed by atoms with Gasteiger partial charge in [0.2, 0.25) is 0 Å². The highest BCUT2D eigenvalue weighted by molar-refractivity contribution is 5.42. The van der Waals surface area contributed by atoms with Gasteiger partial charge in [-0.2, -0.15) is 0 Å². The summed E-state index contributed by atoms with van der Waals surface area (Å²) in [5.74, 6) is 0.828. The lowest BCUT2D eigenvalue weighted by Crippen LogP contribution is -2.20. The fraction of sp³-hybridized carbons (Fsp3) is 0.200. The van der Waals surface area contributed by atoms with E-state index in [2.05, 4.69) is 5.32 Å². The molecule has 0 saturated carbocycles. The molecule has 0 aliphatic rings. The van der Waals surface area contributed by atoms with Gasteiger partial charge in [0.05, 0.1) is 4.92 Å². The zero-order valence-corrected chi connectivity index (χ0v) is 11.4. The number of nitro groups is 1. The highest BCUT2D eigenvalue weighted by Gasteiger charge is 2.09. The van der Waals surface area contributed by atoms with Crippen molar-refractivity contribution in [3.05, 3.63) is 64.2 Å². The van der Waals surface area contributed by atoms with Crippen molar-refractivity contribution in [2.75, 3.05) is 13.2 Å². The predicted octanol–water partition coefficient (Wildman–Crippen LogP) is 2.47. The van der Waals surface area contributed by atoms with Crippen molar-refractivity contribution in [3.8, 4) is 11.5 Å². The molecule has 0 spiro atoms. The molecule has 0 bridgehead atoms. The minimum atomic E-state index is -0.485. The molecular formula is C15H16N2O4. The van der Waals surface area contributed by atoms with Gasteiger partial charge in [-0.05, 0) is 18.2 Å². The Morgan fingerprint density at radius 3 is 2.67 bits per heavy atom. The van der Waals surface area contributed by atoms with E-state index in [1.807, 2.05) is 30.3 Å². The van der Waals surface area contributed by atoms with Gasteiger partial charge in [-0.25, -0.2) is 0 Å². The average molecular weight is 288 g/mol. The summed E-state index contributed by atoms with van der Waals surface area (Å²) in [6, 6.07) is 13.4. The van der Waals surface area contributed by atoms with Crippen LogP contribution in [-0.2, 0) is 6.54 Å². The number of nitrogens with zero attached hydrogens (tertiary/aromatic N) is 1. The van der Waals surface area contributed by atoms with Crippen molar-refractivity contribution >= 4 is 5.69 Å². The summed E-state index contributed by atoms with van der Waals surface area (Å²) in [7, 11) is 0. The topological polar surface area (TPSA) is 84.6 Å². The maximum atomic E-state index is 10.7. The first-order valence-electron chi connectivity index (χ1n) is 6.51. The molecule has 0 atom stereocenters. The number of nitrogens with one attached hydrogen (secondary N) is 1. The SMILES string of the molecule is O=[N+]([O-])c1ccc(O)c(CNCCOc2ccccc2)c1. The van der Waals surface area contributed by atoms with Crippen molar-refractivity contribution in [1.29, 1.82) is 0 Å². The molecular weight excluding hydrogens is 272 g/mol. The van der Waals surface area contributed by atoms with E-state index in [9.17, 15) is 15.2 Å². The van der Waals surface area contributed by atoms with Crippen LogP contribution in [0.25, 0.3) is 0 Å². The van der Waals surface area contributed by atoms with E-state index in [1.165, 1.54) is 18.2 Å². The third-order valence-electron chi connectivity index (χ3n) is 2.88. The van der Waals surface area contributed by atoms with E-state index in [0.29, 0.717) is 25.3 Å². The lowest BCUT2D eigenvalue weighted by molar-refractivity contribution is -0.384. The second-order valence-corrected chi connectivity index (χ2v) is 4.41. The first kappa shape index (κ1) is 14.8. The molecule has 2 aromatic carbocycles. The second-order valence-electron chi connectivity index (χ2n) is 4.41. The first-order valence-corrected chi connectivity index (χ1v) is 6.51. The summed E-state index contributed by atoms with van der Waals surface area (Å²) < 4.78 is 5.50. The summed E-state index contributed by atoms with van der Waals surface area (Å²) >= 11 is 0. The van der Waals surface area contributed by atoms with Crippen LogP contribution in [0.3, 0.4) is 0 Å². The van der Waals surface area contributed by atoms with Crippen molar-refractivity contribution < 1.29 is 14.8 Å². The molecule has 110 valence electrons. The van der Waals surface area contributed by atoms with Gasteiger partial charge in [-0.1, -0.05) is 18.2 Å². The number of non-ortho nitro benzene ring substituents is 1. The number of para-hydroxylation sites is 1. The predicted molar refractivity (Wildman–Crippen MR) is 78.4 cm³/mol. The summed E-state index contributed by atoms with van der Waals surface area (Å²) in [5, 5.41) is 23.4. The van der Waals surface area contributed by atoms with Crippen LogP contribution >= 0.6 is 0 Å². The molecule has 0 aliphatic carbocycles. The van der Waals surface area contributed by atoms with Crippen molar-refractivity contribution in [2.45, 2.75) is 6.54 Å². The summed E-state index contributed by atoms with van der Waals surface area (Å²) in [6.07, 6.45) is 0. The molecule has 0 saturated heterocycles. The van der Waals surface area contributed by atoms with Crippen LogP contribution in [0.4, 0.5) is 5.69 Å². The van der Waals surface area contributed by atoms with Gasteiger partial charge < -0.3 is 15.2 Å². The fourth-order valence-electron chi connectivity index (χ4n) is 1.81. The second kappa shape index (κ2) is 7.25. The van der Waals surface area contributed by atoms with E-state index < -0.39 is 4.92 Å². The third kappa shape index (κ3) is 4.47. The fourth-order valence-corrected chi connectivity index (χ4v) is 1.81. The molecule has 0 amide bonds.